The Kier molecular flexibility index (Phi) is 7.00. The zero-order chi connectivity index (χ0) is 21.5. The lowest BCUT2D eigenvalue weighted by atomic mass is 10.2. The summed E-state index contributed by atoms with van der Waals surface area (Å²) >= 11 is 12.0. The van der Waals surface area contributed by atoms with Crippen molar-refractivity contribution >= 4 is 41.0 Å². The summed E-state index contributed by atoms with van der Waals surface area (Å²) in [6.45, 7) is 0.265. The number of hydrogen-bond acceptors (Lipinski definition) is 5. The maximum atomic E-state index is 12.2. The van der Waals surface area contributed by atoms with Crippen molar-refractivity contribution in [3.8, 4) is 5.75 Å². The Morgan fingerprint density at radius 1 is 1.07 bits per heavy atom. The van der Waals surface area contributed by atoms with Crippen LogP contribution in [0, 0.1) is 10.1 Å². The predicted molar refractivity (Wildman–Crippen MR) is 115 cm³/mol. The molecule has 0 radical (unpaired) electrons. The molecule has 1 amide bonds. The highest BCUT2D eigenvalue weighted by Gasteiger charge is 2.07. The number of nitro groups is 1. The van der Waals surface area contributed by atoms with E-state index in [0.29, 0.717) is 26.9 Å². The number of nitrogens with one attached hydrogen (secondary N) is 1. The van der Waals surface area contributed by atoms with E-state index in [1.807, 2.05) is 0 Å². The van der Waals surface area contributed by atoms with E-state index in [-0.39, 0.29) is 12.3 Å². The molecule has 30 heavy (non-hydrogen) atoms. The largest absolute Gasteiger partial charge is 0.489 e. The summed E-state index contributed by atoms with van der Waals surface area (Å²) < 4.78 is 5.68. The van der Waals surface area contributed by atoms with Crippen LogP contribution in [-0.4, -0.2) is 17.0 Å². The molecule has 0 bridgehead atoms. The molecule has 0 fully saturated rings. The average molecular weight is 444 g/mol. The molecule has 0 aromatic heterocycles. The normalized spacial score (nSPS) is 10.7. The van der Waals surface area contributed by atoms with E-state index in [1.165, 1.54) is 30.5 Å². The molecule has 1 N–H and O–H groups in total. The van der Waals surface area contributed by atoms with Gasteiger partial charge in [-0.3, -0.25) is 14.9 Å². The summed E-state index contributed by atoms with van der Waals surface area (Å²) in [5.74, 6) is 0.174. The predicted octanol–water partition coefficient (Wildman–Crippen LogP) is 5.24. The fourth-order valence-electron chi connectivity index (χ4n) is 2.41. The molecule has 0 saturated carbocycles. The van der Waals surface area contributed by atoms with Crippen molar-refractivity contribution in [2.45, 2.75) is 6.61 Å². The second-order valence-corrected chi connectivity index (χ2v) is 6.94. The third kappa shape index (κ3) is 5.79. The maximum absolute atomic E-state index is 12.2. The van der Waals surface area contributed by atoms with Crippen molar-refractivity contribution in [3.63, 3.8) is 0 Å². The summed E-state index contributed by atoms with van der Waals surface area (Å²) in [5, 5.41) is 15.6. The SMILES string of the molecule is O=C(N/N=C\c1ccc([N+](=O)[O-])cc1)c1ccc(OCc2ccc(Cl)cc2Cl)cc1. The Hall–Kier alpha value is -3.42. The second kappa shape index (κ2) is 9.87. The molecule has 0 aliphatic rings. The van der Waals surface area contributed by atoms with Gasteiger partial charge < -0.3 is 4.74 Å². The number of rotatable bonds is 7. The van der Waals surface area contributed by atoms with Crippen molar-refractivity contribution < 1.29 is 14.5 Å². The monoisotopic (exact) mass is 443 g/mol. The highest BCUT2D eigenvalue weighted by atomic mass is 35.5. The van der Waals surface area contributed by atoms with E-state index in [2.05, 4.69) is 10.5 Å². The van der Waals surface area contributed by atoms with E-state index in [1.54, 1.807) is 42.5 Å². The highest BCUT2D eigenvalue weighted by molar-refractivity contribution is 6.35. The van der Waals surface area contributed by atoms with Gasteiger partial charge in [-0.15, -0.1) is 0 Å². The summed E-state index contributed by atoms with van der Waals surface area (Å²) in [5.41, 5.74) is 4.19. The van der Waals surface area contributed by atoms with Crippen molar-refractivity contribution in [2.75, 3.05) is 0 Å². The minimum absolute atomic E-state index is 0.0168. The van der Waals surface area contributed by atoms with Crippen LogP contribution in [0.3, 0.4) is 0 Å². The van der Waals surface area contributed by atoms with E-state index in [4.69, 9.17) is 27.9 Å². The van der Waals surface area contributed by atoms with Crippen LogP contribution in [0.15, 0.2) is 71.8 Å². The number of benzene rings is 3. The number of non-ortho nitro benzene ring substituents is 1. The number of halogens is 2. The van der Waals surface area contributed by atoms with Gasteiger partial charge in [0.1, 0.15) is 12.4 Å². The van der Waals surface area contributed by atoms with Gasteiger partial charge in [0.05, 0.1) is 11.1 Å². The molecule has 152 valence electrons. The van der Waals surface area contributed by atoms with E-state index in [0.717, 1.165) is 5.56 Å². The van der Waals surface area contributed by atoms with Crippen LogP contribution >= 0.6 is 23.2 Å². The highest BCUT2D eigenvalue weighted by Crippen LogP contribution is 2.23. The summed E-state index contributed by atoms with van der Waals surface area (Å²) in [4.78, 5) is 22.3. The second-order valence-electron chi connectivity index (χ2n) is 6.10. The minimum atomic E-state index is -0.486. The first kappa shape index (κ1) is 21.3. The lowest BCUT2D eigenvalue weighted by molar-refractivity contribution is -0.384. The Bertz CT molecular complexity index is 1080. The third-order valence-corrected chi connectivity index (χ3v) is 4.60. The topological polar surface area (TPSA) is 93.8 Å². The number of hydrazone groups is 1. The molecule has 3 aromatic rings. The molecule has 0 aliphatic carbocycles. The number of carbonyl (C=O) groups excluding carboxylic acids is 1. The van der Waals surface area contributed by atoms with Crippen molar-refractivity contribution in [3.05, 3.63) is 104 Å². The quantitative estimate of drug-likeness (QED) is 0.306. The fraction of sp³-hybridized carbons (Fsp3) is 0.0476. The van der Waals surface area contributed by atoms with E-state index >= 15 is 0 Å². The molecule has 0 aliphatic heterocycles. The molecule has 7 nitrogen and oxygen atoms in total. The van der Waals surface area contributed by atoms with Crippen LogP contribution in [0.2, 0.25) is 10.0 Å². The van der Waals surface area contributed by atoms with Crippen LogP contribution in [0.1, 0.15) is 21.5 Å². The van der Waals surface area contributed by atoms with Crippen LogP contribution < -0.4 is 10.2 Å². The standard InChI is InChI=1S/C21H15Cl2N3O4/c22-17-6-3-16(20(23)11-17)13-30-19-9-4-15(5-10-19)21(27)25-24-12-14-1-7-18(8-2-14)26(28)29/h1-12H,13H2,(H,25,27)/b24-12-. The molecular weight excluding hydrogens is 429 g/mol. The zero-order valence-corrected chi connectivity index (χ0v) is 16.9. The van der Waals surface area contributed by atoms with Gasteiger partial charge in [0, 0.05) is 33.3 Å². The number of carbonyl (C=O) groups is 1. The van der Waals surface area contributed by atoms with Crippen LogP contribution in [-0.2, 0) is 6.61 Å². The third-order valence-electron chi connectivity index (χ3n) is 4.01. The van der Waals surface area contributed by atoms with Gasteiger partial charge >= 0.3 is 0 Å². The molecule has 0 unspecified atom stereocenters. The first-order chi connectivity index (χ1) is 14.4. The first-order valence-electron chi connectivity index (χ1n) is 8.67. The van der Waals surface area contributed by atoms with Gasteiger partial charge in [0.25, 0.3) is 11.6 Å². The van der Waals surface area contributed by atoms with Gasteiger partial charge in [0.15, 0.2) is 0 Å². The number of nitro benzene ring substituents is 1. The summed E-state index contributed by atoms with van der Waals surface area (Å²) in [6.07, 6.45) is 1.40. The smallest absolute Gasteiger partial charge is 0.271 e. The molecule has 0 heterocycles. The van der Waals surface area contributed by atoms with Gasteiger partial charge in [-0.1, -0.05) is 29.3 Å². The van der Waals surface area contributed by atoms with Crippen LogP contribution in [0.25, 0.3) is 0 Å². The number of hydrogen-bond donors (Lipinski definition) is 1. The van der Waals surface area contributed by atoms with Crippen LogP contribution in [0.5, 0.6) is 5.75 Å². The average Bonchev–Trinajstić information content (AvgIpc) is 2.74. The molecule has 3 aromatic carbocycles. The molecule has 3 rings (SSSR count). The molecule has 9 heteroatoms. The molecule has 0 spiro atoms. The zero-order valence-electron chi connectivity index (χ0n) is 15.4. The first-order valence-corrected chi connectivity index (χ1v) is 9.42. The Balaban J connectivity index is 1.53. The van der Waals surface area contributed by atoms with Gasteiger partial charge in [-0.05, 0) is 54.1 Å². The maximum Gasteiger partial charge on any atom is 0.271 e. The van der Waals surface area contributed by atoms with Crippen molar-refractivity contribution in [1.82, 2.24) is 5.43 Å². The van der Waals surface area contributed by atoms with E-state index in [9.17, 15) is 14.9 Å². The molecular formula is C21H15Cl2N3O4. The summed E-state index contributed by atoms with van der Waals surface area (Å²) in [6, 6.07) is 17.5. The number of amides is 1. The summed E-state index contributed by atoms with van der Waals surface area (Å²) in [7, 11) is 0. The molecule has 0 atom stereocenters. The Labute approximate surface area is 182 Å². The van der Waals surface area contributed by atoms with Gasteiger partial charge in [0.2, 0.25) is 0 Å². The van der Waals surface area contributed by atoms with E-state index < -0.39 is 10.8 Å². The van der Waals surface area contributed by atoms with Crippen molar-refractivity contribution in [1.29, 1.82) is 0 Å². The van der Waals surface area contributed by atoms with Crippen LogP contribution in [0.4, 0.5) is 5.69 Å². The minimum Gasteiger partial charge on any atom is -0.489 e. The lowest BCUT2D eigenvalue weighted by Crippen LogP contribution is -2.17. The lowest BCUT2D eigenvalue weighted by Gasteiger charge is -2.08. The number of ether oxygens (including phenoxy) is 1. The van der Waals surface area contributed by atoms with Crippen molar-refractivity contribution in [2.24, 2.45) is 5.10 Å². The van der Waals surface area contributed by atoms with Gasteiger partial charge in [-0.2, -0.15) is 5.10 Å². The van der Waals surface area contributed by atoms with Gasteiger partial charge in [-0.25, -0.2) is 5.43 Å². The Morgan fingerprint density at radius 3 is 2.40 bits per heavy atom. The number of nitrogens with zero attached hydrogens (tertiary/aromatic N) is 2. The molecule has 0 saturated heterocycles. The fourth-order valence-corrected chi connectivity index (χ4v) is 2.88. The Morgan fingerprint density at radius 2 is 1.77 bits per heavy atom.